The summed E-state index contributed by atoms with van der Waals surface area (Å²) in [5.74, 6) is -1.73. The topological polar surface area (TPSA) is 45.8 Å². The van der Waals surface area contributed by atoms with Gasteiger partial charge in [-0.2, -0.15) is 17.6 Å². The molecule has 0 aromatic carbocycles. The van der Waals surface area contributed by atoms with E-state index in [-0.39, 0.29) is 5.15 Å². The minimum Gasteiger partial charge on any atom is -0.308 e. The van der Waals surface area contributed by atoms with Gasteiger partial charge in [0.05, 0.1) is 5.92 Å². The van der Waals surface area contributed by atoms with E-state index in [0.717, 1.165) is 19.3 Å². The van der Waals surface area contributed by atoms with Crippen LogP contribution in [-0.4, -0.2) is 16.1 Å². The largest absolute Gasteiger partial charge is 0.391 e. The van der Waals surface area contributed by atoms with Gasteiger partial charge >= 0.3 is 6.18 Å². The number of H-pyrrole nitrogens is 1. The van der Waals surface area contributed by atoms with E-state index in [0.29, 0.717) is 18.7 Å². The number of halogens is 5. The molecule has 1 aliphatic carbocycles. The monoisotopic (exact) mass is 314 g/mol. The fraction of sp³-hybridized carbons (Fsp3) is 0.667. The van der Waals surface area contributed by atoms with Crippen molar-refractivity contribution in [1.82, 2.24) is 9.97 Å². The second-order valence-electron chi connectivity index (χ2n) is 4.63. The maximum Gasteiger partial charge on any atom is 0.391 e. The van der Waals surface area contributed by atoms with Gasteiger partial charge in [-0.3, -0.25) is 4.79 Å². The van der Waals surface area contributed by atoms with E-state index >= 15 is 0 Å². The summed E-state index contributed by atoms with van der Waals surface area (Å²) in [6, 6.07) is 0. The van der Waals surface area contributed by atoms with Crippen LogP contribution < -0.4 is 5.56 Å². The molecule has 1 aromatic heterocycles. The molecule has 0 bridgehead atoms. The molecule has 0 saturated heterocycles. The van der Waals surface area contributed by atoms with E-state index in [1.165, 1.54) is 6.92 Å². The van der Waals surface area contributed by atoms with Crippen LogP contribution in [0.4, 0.5) is 17.6 Å². The number of aromatic nitrogens is 2. The Hall–Kier alpha value is -1.11. The molecule has 2 rings (SSSR count). The summed E-state index contributed by atoms with van der Waals surface area (Å²) in [5.41, 5.74) is -0.836. The molecule has 0 aliphatic heterocycles. The normalized spacial score (nSPS) is 16.5. The van der Waals surface area contributed by atoms with Gasteiger partial charge in [-0.25, -0.2) is 4.98 Å². The van der Waals surface area contributed by atoms with Crippen molar-refractivity contribution in [2.45, 2.75) is 45.2 Å². The van der Waals surface area contributed by atoms with Crippen molar-refractivity contribution >= 4 is 11.6 Å². The van der Waals surface area contributed by atoms with Crippen LogP contribution in [0.3, 0.4) is 0 Å². The predicted octanol–water partition coefficient (Wildman–Crippen LogP) is 4.00. The summed E-state index contributed by atoms with van der Waals surface area (Å²) in [6.45, 7) is 1.52. The van der Waals surface area contributed by atoms with Gasteiger partial charge in [-0.1, -0.05) is 30.9 Å². The summed E-state index contributed by atoms with van der Waals surface area (Å²) >= 11 is 5.21. The van der Waals surface area contributed by atoms with Crippen molar-refractivity contribution in [3.05, 3.63) is 27.1 Å². The summed E-state index contributed by atoms with van der Waals surface area (Å²) in [5, 5.41) is -0.388. The Labute approximate surface area is 118 Å². The highest BCUT2D eigenvalue weighted by Gasteiger charge is 2.39. The standard InChI is InChI=1S/C7H11F3.C5H4ClFN2O/c8-7(9,10)6-4-2-1-3-5-6;1-2-8-4(6)3(7)5(10)9-2/h6H,1-5H2;1H3,(H,8,9,10). The summed E-state index contributed by atoms with van der Waals surface area (Å²) in [7, 11) is 0. The van der Waals surface area contributed by atoms with Gasteiger partial charge in [0.2, 0.25) is 5.82 Å². The van der Waals surface area contributed by atoms with Gasteiger partial charge in [0.15, 0.2) is 5.15 Å². The third-order valence-corrected chi connectivity index (χ3v) is 3.26. The van der Waals surface area contributed by atoms with Gasteiger partial charge in [0.1, 0.15) is 5.82 Å². The Kier molecular flexibility index (Phi) is 5.98. The molecular formula is C12H15ClF4N2O. The molecular weight excluding hydrogens is 300 g/mol. The molecule has 1 aliphatic rings. The maximum atomic E-state index is 12.4. The van der Waals surface area contributed by atoms with E-state index in [1.54, 1.807) is 0 Å². The fourth-order valence-electron chi connectivity index (χ4n) is 1.97. The van der Waals surface area contributed by atoms with Gasteiger partial charge in [0, 0.05) is 0 Å². The third kappa shape index (κ3) is 5.11. The Morgan fingerprint density at radius 1 is 1.25 bits per heavy atom. The van der Waals surface area contributed by atoms with Crippen LogP contribution >= 0.6 is 11.6 Å². The molecule has 0 radical (unpaired) electrons. The number of aromatic amines is 1. The molecule has 1 aromatic rings. The Balaban J connectivity index is 0.000000200. The quantitative estimate of drug-likeness (QED) is 0.581. The lowest BCUT2D eigenvalue weighted by molar-refractivity contribution is -0.181. The summed E-state index contributed by atoms with van der Waals surface area (Å²) in [4.78, 5) is 16.1. The third-order valence-electron chi connectivity index (χ3n) is 3.01. The van der Waals surface area contributed by atoms with E-state index in [4.69, 9.17) is 11.6 Å². The fourth-order valence-corrected chi connectivity index (χ4v) is 2.18. The van der Waals surface area contributed by atoms with Crippen LogP contribution in [0.5, 0.6) is 0 Å². The molecule has 8 heteroatoms. The Morgan fingerprint density at radius 3 is 2.20 bits per heavy atom. The Bertz CT molecular complexity index is 495. The van der Waals surface area contributed by atoms with Gasteiger partial charge in [0.25, 0.3) is 5.56 Å². The number of hydrogen-bond acceptors (Lipinski definition) is 2. The Morgan fingerprint density at radius 2 is 1.80 bits per heavy atom. The zero-order chi connectivity index (χ0) is 15.3. The molecule has 1 N–H and O–H groups in total. The van der Waals surface area contributed by atoms with Crippen molar-refractivity contribution in [2.75, 3.05) is 0 Å². The first-order valence-electron chi connectivity index (χ1n) is 6.20. The first kappa shape index (κ1) is 16.9. The SMILES string of the molecule is Cc1nc(Cl)c(F)c(=O)[nH]1.FC(F)(F)C1CCCCC1. The molecule has 3 nitrogen and oxygen atoms in total. The van der Waals surface area contributed by atoms with E-state index in [1.807, 2.05) is 0 Å². The smallest absolute Gasteiger partial charge is 0.308 e. The first-order valence-corrected chi connectivity index (χ1v) is 6.58. The van der Waals surface area contributed by atoms with Crippen molar-refractivity contribution in [3.63, 3.8) is 0 Å². The average Bonchev–Trinajstić information content (AvgIpc) is 2.37. The first-order chi connectivity index (χ1) is 9.21. The zero-order valence-corrected chi connectivity index (χ0v) is 11.6. The number of nitrogens with zero attached hydrogens (tertiary/aromatic N) is 1. The number of alkyl halides is 3. The molecule has 0 amide bonds. The van der Waals surface area contributed by atoms with Gasteiger partial charge in [-0.15, -0.1) is 0 Å². The molecule has 1 saturated carbocycles. The van der Waals surface area contributed by atoms with Crippen molar-refractivity contribution in [3.8, 4) is 0 Å². The minimum atomic E-state index is -3.93. The van der Waals surface area contributed by atoms with Gasteiger partial charge < -0.3 is 4.98 Å². The zero-order valence-electron chi connectivity index (χ0n) is 10.9. The van der Waals surface area contributed by atoms with Crippen LogP contribution in [0.15, 0.2) is 4.79 Å². The van der Waals surface area contributed by atoms with Crippen LogP contribution in [0.1, 0.15) is 37.9 Å². The summed E-state index contributed by atoms with van der Waals surface area (Å²) < 4.78 is 48.2. The van der Waals surface area contributed by atoms with E-state index in [9.17, 15) is 22.4 Å². The lowest BCUT2D eigenvalue weighted by Crippen LogP contribution is -2.24. The van der Waals surface area contributed by atoms with Crippen LogP contribution in [0.2, 0.25) is 5.15 Å². The van der Waals surface area contributed by atoms with Crippen LogP contribution in [0, 0.1) is 18.7 Å². The van der Waals surface area contributed by atoms with Crippen molar-refractivity contribution < 1.29 is 17.6 Å². The van der Waals surface area contributed by atoms with Crippen molar-refractivity contribution in [2.24, 2.45) is 5.92 Å². The molecule has 114 valence electrons. The van der Waals surface area contributed by atoms with Crippen molar-refractivity contribution in [1.29, 1.82) is 0 Å². The molecule has 1 heterocycles. The predicted molar refractivity (Wildman–Crippen MR) is 67.2 cm³/mol. The molecule has 1 fully saturated rings. The number of aryl methyl sites for hydroxylation is 1. The molecule has 20 heavy (non-hydrogen) atoms. The minimum absolute atomic E-state index is 0.302. The highest BCUT2D eigenvalue weighted by Crippen LogP contribution is 2.37. The maximum absolute atomic E-state index is 12.4. The van der Waals surface area contributed by atoms with E-state index < -0.39 is 23.5 Å². The molecule has 0 atom stereocenters. The second kappa shape index (κ2) is 7.06. The highest BCUT2D eigenvalue weighted by atomic mass is 35.5. The average molecular weight is 315 g/mol. The number of hydrogen-bond donors (Lipinski definition) is 1. The lowest BCUT2D eigenvalue weighted by Gasteiger charge is -2.23. The second-order valence-corrected chi connectivity index (χ2v) is 4.99. The summed E-state index contributed by atoms with van der Waals surface area (Å²) in [6.07, 6.45) is -0.742. The molecule has 0 unspecified atom stereocenters. The highest BCUT2D eigenvalue weighted by molar-refractivity contribution is 6.29. The van der Waals surface area contributed by atoms with E-state index in [2.05, 4.69) is 9.97 Å². The number of nitrogens with one attached hydrogen (secondary N) is 1. The van der Waals surface area contributed by atoms with Gasteiger partial charge in [-0.05, 0) is 19.8 Å². The number of rotatable bonds is 0. The van der Waals surface area contributed by atoms with Crippen LogP contribution in [0.25, 0.3) is 0 Å². The lowest BCUT2D eigenvalue weighted by atomic mass is 9.89. The molecule has 0 spiro atoms. The van der Waals surface area contributed by atoms with Crippen LogP contribution in [-0.2, 0) is 0 Å².